The number of nitrogens with one attached hydrogen (secondary N) is 2. The first-order chi connectivity index (χ1) is 7.36. The maximum absolute atomic E-state index is 11.5. The van der Waals surface area contributed by atoms with Crippen LogP contribution in [0, 0.1) is 0 Å². The highest BCUT2D eigenvalue weighted by atomic mass is 16.1. The zero-order valence-corrected chi connectivity index (χ0v) is 7.84. The molecule has 0 aliphatic heterocycles. The molecule has 0 atom stereocenters. The summed E-state index contributed by atoms with van der Waals surface area (Å²) in [6.45, 7) is 0.418. The van der Waals surface area contributed by atoms with E-state index in [9.17, 15) is 4.79 Å². The van der Waals surface area contributed by atoms with Crippen molar-refractivity contribution in [1.29, 1.82) is 0 Å². The quantitative estimate of drug-likeness (QED) is 0.742. The maximum atomic E-state index is 11.5. The van der Waals surface area contributed by atoms with Gasteiger partial charge in [0.1, 0.15) is 0 Å². The molecule has 0 bridgehead atoms. The Labute approximate surface area is 85.7 Å². The second-order valence-electron chi connectivity index (χ2n) is 2.90. The summed E-state index contributed by atoms with van der Waals surface area (Å²) < 4.78 is 0. The van der Waals surface area contributed by atoms with Crippen LogP contribution in [0.5, 0.6) is 0 Å². The highest BCUT2D eigenvalue weighted by Gasteiger charge is 2.04. The summed E-state index contributed by atoms with van der Waals surface area (Å²) in [5.41, 5.74) is 1.34. The van der Waals surface area contributed by atoms with Crippen molar-refractivity contribution < 1.29 is 4.79 Å². The molecule has 2 aromatic rings. The van der Waals surface area contributed by atoms with E-state index in [2.05, 4.69) is 25.7 Å². The van der Waals surface area contributed by atoms with Crippen molar-refractivity contribution >= 4 is 5.91 Å². The van der Waals surface area contributed by atoms with E-state index in [0.29, 0.717) is 12.1 Å². The topological polar surface area (TPSA) is 83.6 Å². The summed E-state index contributed by atoms with van der Waals surface area (Å²) in [5, 5.41) is 16.5. The predicted molar refractivity (Wildman–Crippen MR) is 51.8 cm³/mol. The van der Waals surface area contributed by atoms with Gasteiger partial charge in [-0.1, -0.05) is 0 Å². The maximum Gasteiger partial charge on any atom is 0.253 e. The molecule has 0 aliphatic carbocycles. The summed E-state index contributed by atoms with van der Waals surface area (Å²) in [6.07, 6.45) is 4.53. The Kier molecular flexibility index (Phi) is 2.68. The lowest BCUT2D eigenvalue weighted by Gasteiger charge is -2.01. The number of hydrogen-bond donors (Lipinski definition) is 2. The normalized spacial score (nSPS) is 9.87. The van der Waals surface area contributed by atoms with Gasteiger partial charge in [-0.2, -0.15) is 15.3 Å². The van der Waals surface area contributed by atoms with Crippen LogP contribution in [0.2, 0.25) is 0 Å². The minimum absolute atomic E-state index is 0.181. The molecule has 0 saturated carbocycles. The van der Waals surface area contributed by atoms with Crippen LogP contribution in [0.1, 0.15) is 16.1 Å². The van der Waals surface area contributed by atoms with Crippen molar-refractivity contribution in [3.63, 3.8) is 0 Å². The highest BCUT2D eigenvalue weighted by Crippen LogP contribution is 1.95. The second kappa shape index (κ2) is 4.32. The van der Waals surface area contributed by atoms with Gasteiger partial charge in [-0.15, -0.1) is 0 Å². The lowest BCUT2D eigenvalue weighted by molar-refractivity contribution is 0.0950. The summed E-state index contributed by atoms with van der Waals surface area (Å²) >= 11 is 0. The van der Waals surface area contributed by atoms with Gasteiger partial charge in [0.15, 0.2) is 0 Å². The van der Waals surface area contributed by atoms with Gasteiger partial charge in [0.25, 0.3) is 5.91 Å². The zero-order chi connectivity index (χ0) is 10.5. The molecular formula is C9H9N5O. The van der Waals surface area contributed by atoms with Crippen LogP contribution in [-0.4, -0.2) is 26.3 Å². The fraction of sp³-hybridized carbons (Fsp3) is 0.111. The SMILES string of the molecule is O=C(NCc1ccn[nH]1)c1ccnnc1. The first-order valence-corrected chi connectivity index (χ1v) is 4.39. The minimum Gasteiger partial charge on any atom is -0.346 e. The Hall–Kier alpha value is -2.24. The molecule has 0 unspecified atom stereocenters. The van der Waals surface area contributed by atoms with Crippen LogP contribution in [-0.2, 0) is 6.54 Å². The lowest BCUT2D eigenvalue weighted by Crippen LogP contribution is -2.23. The van der Waals surface area contributed by atoms with Gasteiger partial charge in [-0.05, 0) is 12.1 Å². The van der Waals surface area contributed by atoms with E-state index < -0.39 is 0 Å². The average molecular weight is 203 g/mol. The van der Waals surface area contributed by atoms with Crippen molar-refractivity contribution in [2.24, 2.45) is 0 Å². The molecule has 0 radical (unpaired) electrons. The van der Waals surface area contributed by atoms with Crippen LogP contribution in [0.25, 0.3) is 0 Å². The monoisotopic (exact) mass is 203 g/mol. The van der Waals surface area contributed by atoms with E-state index in [1.807, 2.05) is 0 Å². The Bertz CT molecular complexity index is 425. The molecular weight excluding hydrogens is 194 g/mol. The number of carbonyl (C=O) groups excluding carboxylic acids is 1. The third-order valence-corrected chi connectivity index (χ3v) is 1.84. The Morgan fingerprint density at radius 3 is 2.93 bits per heavy atom. The standard InChI is InChI=1S/C9H9N5O/c15-9(7-1-3-11-13-5-7)10-6-8-2-4-12-14-8/h1-5H,6H2,(H,10,15)(H,12,14). The molecule has 2 heterocycles. The average Bonchev–Trinajstić information content (AvgIpc) is 2.80. The third-order valence-electron chi connectivity index (χ3n) is 1.84. The number of aromatic nitrogens is 4. The molecule has 0 spiro atoms. The molecule has 1 amide bonds. The van der Waals surface area contributed by atoms with Crippen molar-refractivity contribution in [2.45, 2.75) is 6.54 Å². The van der Waals surface area contributed by atoms with Gasteiger partial charge in [0.05, 0.1) is 30.2 Å². The summed E-state index contributed by atoms with van der Waals surface area (Å²) in [4.78, 5) is 11.5. The first kappa shape index (κ1) is 9.32. The summed E-state index contributed by atoms with van der Waals surface area (Å²) in [6, 6.07) is 3.40. The van der Waals surface area contributed by atoms with Crippen molar-refractivity contribution in [2.75, 3.05) is 0 Å². The fourth-order valence-electron chi connectivity index (χ4n) is 1.09. The fourth-order valence-corrected chi connectivity index (χ4v) is 1.09. The van der Waals surface area contributed by atoms with Crippen LogP contribution < -0.4 is 5.32 Å². The Morgan fingerprint density at radius 2 is 2.27 bits per heavy atom. The predicted octanol–water partition coefficient (Wildman–Crippen LogP) is 0.130. The molecule has 6 heteroatoms. The number of H-pyrrole nitrogens is 1. The van der Waals surface area contributed by atoms with Crippen molar-refractivity contribution in [3.05, 3.63) is 42.0 Å². The number of hydrogen-bond acceptors (Lipinski definition) is 4. The van der Waals surface area contributed by atoms with Crippen LogP contribution in [0.15, 0.2) is 30.7 Å². The smallest absolute Gasteiger partial charge is 0.253 e. The van der Waals surface area contributed by atoms with E-state index in [4.69, 9.17) is 0 Å². The number of nitrogens with zero attached hydrogens (tertiary/aromatic N) is 3. The van der Waals surface area contributed by atoms with E-state index in [1.165, 1.54) is 12.4 Å². The Balaban J connectivity index is 1.94. The molecule has 0 fully saturated rings. The van der Waals surface area contributed by atoms with Gasteiger partial charge < -0.3 is 5.32 Å². The lowest BCUT2D eigenvalue weighted by atomic mass is 10.3. The first-order valence-electron chi connectivity index (χ1n) is 4.39. The molecule has 0 aromatic carbocycles. The van der Waals surface area contributed by atoms with Crippen LogP contribution in [0.3, 0.4) is 0 Å². The van der Waals surface area contributed by atoms with Crippen molar-refractivity contribution in [1.82, 2.24) is 25.7 Å². The van der Waals surface area contributed by atoms with E-state index >= 15 is 0 Å². The second-order valence-corrected chi connectivity index (χ2v) is 2.90. The van der Waals surface area contributed by atoms with Crippen LogP contribution >= 0.6 is 0 Å². The van der Waals surface area contributed by atoms with E-state index in [-0.39, 0.29) is 5.91 Å². The molecule has 15 heavy (non-hydrogen) atoms. The number of carbonyl (C=O) groups is 1. The van der Waals surface area contributed by atoms with Crippen molar-refractivity contribution in [3.8, 4) is 0 Å². The van der Waals surface area contributed by atoms with Gasteiger partial charge in [-0.25, -0.2) is 0 Å². The number of aromatic amines is 1. The zero-order valence-electron chi connectivity index (χ0n) is 7.84. The molecule has 76 valence electrons. The molecule has 2 N–H and O–H groups in total. The van der Waals surface area contributed by atoms with E-state index in [1.54, 1.807) is 18.3 Å². The molecule has 0 saturated heterocycles. The summed E-state index contributed by atoms with van der Waals surface area (Å²) in [5.74, 6) is -0.181. The third kappa shape index (κ3) is 2.37. The molecule has 0 aliphatic rings. The largest absolute Gasteiger partial charge is 0.346 e. The number of rotatable bonds is 3. The minimum atomic E-state index is -0.181. The van der Waals surface area contributed by atoms with Crippen LogP contribution in [0.4, 0.5) is 0 Å². The van der Waals surface area contributed by atoms with Gasteiger partial charge >= 0.3 is 0 Å². The Morgan fingerprint density at radius 1 is 1.33 bits per heavy atom. The molecule has 2 aromatic heterocycles. The summed E-state index contributed by atoms with van der Waals surface area (Å²) in [7, 11) is 0. The number of amides is 1. The van der Waals surface area contributed by atoms with E-state index in [0.717, 1.165) is 5.69 Å². The highest BCUT2D eigenvalue weighted by molar-refractivity contribution is 5.93. The molecule has 2 rings (SSSR count). The van der Waals surface area contributed by atoms with Gasteiger partial charge in [0.2, 0.25) is 0 Å². The van der Waals surface area contributed by atoms with Gasteiger partial charge in [0, 0.05) is 6.20 Å². The molecule has 6 nitrogen and oxygen atoms in total. The van der Waals surface area contributed by atoms with Gasteiger partial charge in [-0.3, -0.25) is 9.89 Å².